The van der Waals surface area contributed by atoms with Crippen molar-refractivity contribution in [2.45, 2.75) is 26.7 Å². The smallest absolute Gasteiger partial charge is 0.309 e. The molecule has 0 unspecified atom stereocenters. The quantitative estimate of drug-likeness (QED) is 0.367. The number of hydrogen-bond donors (Lipinski definition) is 2. The number of anilines is 1. The van der Waals surface area contributed by atoms with Crippen LogP contribution in [0, 0.1) is 17.0 Å². The molecule has 0 aromatic heterocycles. The van der Waals surface area contributed by atoms with Gasteiger partial charge in [-0.3, -0.25) is 9.59 Å². The number of ketones is 1. The Labute approximate surface area is 191 Å². The van der Waals surface area contributed by atoms with Crippen LogP contribution < -0.4 is 5.32 Å². The summed E-state index contributed by atoms with van der Waals surface area (Å²) in [5.74, 6) is -2.47. The van der Waals surface area contributed by atoms with Crippen molar-refractivity contribution in [2.24, 2.45) is 5.41 Å². The molecule has 2 N–H and O–H groups in total. The average Bonchev–Trinajstić information content (AvgIpc) is 2.73. The lowest BCUT2D eigenvalue weighted by atomic mass is 9.85. The Morgan fingerprint density at radius 2 is 1.42 bits per heavy atom. The first kappa shape index (κ1) is 23.9. The van der Waals surface area contributed by atoms with E-state index in [4.69, 9.17) is 0 Å². The fourth-order valence-electron chi connectivity index (χ4n) is 3.38. The minimum Gasteiger partial charge on any atom is -0.481 e. The fraction of sp³-hybridized carbons (Fsp3) is 0.185. The highest BCUT2D eigenvalue weighted by molar-refractivity contribution is 5.99. The number of carbonyl (C=O) groups excluding carboxylic acids is 1. The van der Waals surface area contributed by atoms with Crippen LogP contribution in [0.3, 0.4) is 0 Å². The molecule has 0 heterocycles. The zero-order valence-electron chi connectivity index (χ0n) is 18.5. The van der Waals surface area contributed by atoms with Crippen LogP contribution in [0.5, 0.6) is 0 Å². The monoisotopic (exact) mass is 449 g/mol. The second kappa shape index (κ2) is 9.77. The van der Waals surface area contributed by atoms with Crippen LogP contribution >= 0.6 is 0 Å². The first-order valence-corrected chi connectivity index (χ1v) is 10.4. The molecule has 4 nitrogen and oxygen atoms in total. The molecule has 3 rings (SSSR count). The Kier molecular flexibility index (Phi) is 7.07. The molecular weight excluding hydrogens is 424 g/mol. The van der Waals surface area contributed by atoms with Gasteiger partial charge in [0.15, 0.2) is 5.78 Å². The maximum Gasteiger partial charge on any atom is 0.309 e. The fourth-order valence-corrected chi connectivity index (χ4v) is 3.38. The number of halogens is 2. The molecule has 3 aromatic rings. The first-order valence-electron chi connectivity index (χ1n) is 10.4. The second-order valence-electron chi connectivity index (χ2n) is 8.63. The lowest BCUT2D eigenvalue weighted by molar-refractivity contribution is -0.146. The van der Waals surface area contributed by atoms with Gasteiger partial charge < -0.3 is 10.4 Å². The summed E-state index contributed by atoms with van der Waals surface area (Å²) < 4.78 is 26.7. The maximum absolute atomic E-state index is 13.4. The van der Waals surface area contributed by atoms with Gasteiger partial charge in [0.2, 0.25) is 0 Å². The summed E-state index contributed by atoms with van der Waals surface area (Å²) in [5, 5.41) is 12.3. The predicted octanol–water partition coefficient (Wildman–Crippen LogP) is 6.48. The molecule has 0 atom stereocenters. The maximum atomic E-state index is 13.4. The zero-order valence-corrected chi connectivity index (χ0v) is 18.5. The van der Waals surface area contributed by atoms with Crippen molar-refractivity contribution in [1.29, 1.82) is 0 Å². The second-order valence-corrected chi connectivity index (χ2v) is 8.63. The van der Waals surface area contributed by atoms with E-state index < -0.39 is 23.0 Å². The van der Waals surface area contributed by atoms with E-state index >= 15 is 0 Å². The SMILES string of the molecule is C=C(Cc1cc(F)cc(F)c1)Nc1ccc(-c2ccc(C(=O)CC(C)(C)C(=O)O)cc2)cc1. The normalized spacial score (nSPS) is 11.2. The van der Waals surface area contributed by atoms with Crippen LogP contribution in [0.25, 0.3) is 11.1 Å². The Hall–Kier alpha value is -3.80. The lowest BCUT2D eigenvalue weighted by Gasteiger charge is -2.17. The van der Waals surface area contributed by atoms with E-state index in [-0.39, 0.29) is 18.6 Å². The summed E-state index contributed by atoms with van der Waals surface area (Å²) in [5.41, 5.74) is 3.06. The average molecular weight is 449 g/mol. The molecule has 0 amide bonds. The molecule has 6 heteroatoms. The molecule has 0 aliphatic rings. The zero-order chi connectivity index (χ0) is 24.2. The van der Waals surface area contributed by atoms with Gasteiger partial charge in [0.1, 0.15) is 11.6 Å². The van der Waals surface area contributed by atoms with Crippen LogP contribution in [0.4, 0.5) is 14.5 Å². The summed E-state index contributed by atoms with van der Waals surface area (Å²) in [6, 6.07) is 17.9. The van der Waals surface area contributed by atoms with Gasteiger partial charge in [0.05, 0.1) is 5.41 Å². The van der Waals surface area contributed by atoms with Crippen molar-refractivity contribution in [1.82, 2.24) is 0 Å². The van der Waals surface area contributed by atoms with Crippen molar-refractivity contribution in [3.8, 4) is 11.1 Å². The predicted molar refractivity (Wildman–Crippen MR) is 125 cm³/mol. The molecule has 3 aromatic carbocycles. The third-order valence-corrected chi connectivity index (χ3v) is 5.27. The Morgan fingerprint density at radius 1 is 0.909 bits per heavy atom. The highest BCUT2D eigenvalue weighted by Crippen LogP contribution is 2.26. The van der Waals surface area contributed by atoms with Gasteiger partial charge >= 0.3 is 5.97 Å². The van der Waals surface area contributed by atoms with Crippen LogP contribution in [0.1, 0.15) is 36.2 Å². The van der Waals surface area contributed by atoms with Crippen LogP contribution in [0.15, 0.2) is 79.0 Å². The third-order valence-electron chi connectivity index (χ3n) is 5.27. The van der Waals surface area contributed by atoms with E-state index in [1.807, 2.05) is 36.4 Å². The van der Waals surface area contributed by atoms with Crippen molar-refractivity contribution < 1.29 is 23.5 Å². The Bertz CT molecular complexity index is 1160. The highest BCUT2D eigenvalue weighted by atomic mass is 19.1. The van der Waals surface area contributed by atoms with Gasteiger partial charge in [-0.15, -0.1) is 0 Å². The van der Waals surface area contributed by atoms with E-state index in [2.05, 4.69) is 11.9 Å². The highest BCUT2D eigenvalue weighted by Gasteiger charge is 2.30. The number of carbonyl (C=O) groups is 2. The van der Waals surface area contributed by atoms with Crippen LogP contribution in [-0.2, 0) is 11.2 Å². The summed E-state index contributed by atoms with van der Waals surface area (Å²) >= 11 is 0. The number of rotatable bonds is 9. The van der Waals surface area contributed by atoms with Crippen molar-refractivity contribution in [3.05, 3.63) is 102 Å². The molecule has 0 fully saturated rings. The summed E-state index contributed by atoms with van der Waals surface area (Å²) in [7, 11) is 0. The molecule has 0 aliphatic carbocycles. The molecule has 0 bridgehead atoms. The molecule has 0 saturated heterocycles. The number of nitrogens with one attached hydrogen (secondary N) is 1. The topological polar surface area (TPSA) is 66.4 Å². The number of aliphatic carboxylic acids is 1. The largest absolute Gasteiger partial charge is 0.481 e. The summed E-state index contributed by atoms with van der Waals surface area (Å²) in [6.45, 7) is 6.98. The molecule has 0 spiro atoms. The van der Waals surface area contributed by atoms with E-state index in [1.165, 1.54) is 26.0 Å². The van der Waals surface area contributed by atoms with Crippen molar-refractivity contribution >= 4 is 17.4 Å². The number of hydrogen-bond acceptors (Lipinski definition) is 3. The molecule has 0 radical (unpaired) electrons. The Morgan fingerprint density at radius 3 is 1.94 bits per heavy atom. The minimum atomic E-state index is -1.12. The van der Waals surface area contributed by atoms with E-state index in [1.54, 1.807) is 12.1 Å². The molecule has 33 heavy (non-hydrogen) atoms. The van der Waals surface area contributed by atoms with Gasteiger partial charge in [-0.2, -0.15) is 0 Å². The number of carboxylic acid groups (broad SMARTS) is 1. The van der Waals surface area contributed by atoms with E-state index in [0.29, 0.717) is 16.8 Å². The number of carboxylic acids is 1. The number of allylic oxidation sites excluding steroid dienone is 1. The van der Waals surface area contributed by atoms with E-state index in [9.17, 15) is 23.5 Å². The number of Topliss-reactive ketones (excluding diaryl/α,β-unsaturated/α-hetero) is 1. The van der Waals surface area contributed by atoms with Gasteiger partial charge in [-0.05, 0) is 54.8 Å². The summed E-state index contributed by atoms with van der Waals surface area (Å²) in [6.07, 6.45) is 0.207. The standard InChI is InChI=1S/C27H25F2NO3/c1-17(12-18-13-22(28)15-23(29)14-18)30-24-10-8-20(9-11-24)19-4-6-21(7-5-19)25(31)16-27(2,3)26(32)33/h4-11,13-15,30H,1,12,16H2,2-3H3,(H,32,33). The Balaban J connectivity index is 1.63. The van der Waals surface area contributed by atoms with Crippen molar-refractivity contribution in [2.75, 3.05) is 5.32 Å². The van der Waals surface area contributed by atoms with Crippen LogP contribution in [-0.4, -0.2) is 16.9 Å². The molecular formula is C27H25F2NO3. The van der Waals surface area contributed by atoms with Crippen molar-refractivity contribution in [3.63, 3.8) is 0 Å². The van der Waals surface area contributed by atoms with Gasteiger partial charge in [-0.1, -0.05) is 43.0 Å². The third kappa shape index (κ3) is 6.35. The minimum absolute atomic E-state index is 0.0752. The molecule has 0 aliphatic heterocycles. The van der Waals surface area contributed by atoms with Gasteiger partial charge in [0.25, 0.3) is 0 Å². The van der Waals surface area contributed by atoms with E-state index in [0.717, 1.165) is 22.9 Å². The molecule has 0 saturated carbocycles. The summed E-state index contributed by atoms with van der Waals surface area (Å²) in [4.78, 5) is 23.7. The lowest BCUT2D eigenvalue weighted by Crippen LogP contribution is -2.26. The van der Waals surface area contributed by atoms with Gasteiger partial charge in [0, 0.05) is 35.9 Å². The first-order chi connectivity index (χ1) is 15.5. The number of benzene rings is 3. The molecule has 170 valence electrons. The van der Waals surface area contributed by atoms with Crippen LogP contribution in [0.2, 0.25) is 0 Å². The van der Waals surface area contributed by atoms with Gasteiger partial charge in [-0.25, -0.2) is 8.78 Å².